The Kier molecular flexibility index (Phi) is 5.25. The zero-order valence-electron chi connectivity index (χ0n) is 20.8. The van der Waals surface area contributed by atoms with Crippen LogP contribution in [-0.2, 0) is 7.05 Å². The minimum Gasteiger partial charge on any atom is -0.339 e. The Bertz CT molecular complexity index is 1670. The van der Waals surface area contributed by atoms with Gasteiger partial charge in [-0.25, -0.2) is 9.78 Å². The highest BCUT2D eigenvalue weighted by atomic mass is 16.1. The number of aryl methyl sites for hydroxylation is 2. The van der Waals surface area contributed by atoms with Gasteiger partial charge in [0.05, 0.1) is 34.0 Å². The summed E-state index contributed by atoms with van der Waals surface area (Å²) in [5.41, 5.74) is 8.63. The number of H-pyrrole nitrogens is 1. The molecule has 6 rings (SSSR count). The summed E-state index contributed by atoms with van der Waals surface area (Å²) in [6.07, 6.45) is 9.78. The first-order chi connectivity index (χ1) is 17.5. The first kappa shape index (κ1) is 22.3. The number of nitrogens with zero attached hydrogens (tertiary/aromatic N) is 6. The molecule has 1 aliphatic carbocycles. The molecule has 0 unspecified atom stereocenters. The van der Waals surface area contributed by atoms with Gasteiger partial charge in [0.25, 0.3) is 0 Å². The topological polar surface area (TPSA) is 84.1 Å². The van der Waals surface area contributed by atoms with Crippen LogP contribution in [0.3, 0.4) is 0 Å². The Hall–Kier alpha value is -4.20. The highest BCUT2D eigenvalue weighted by Crippen LogP contribution is 2.43. The number of aromatic amines is 1. The second-order valence-electron chi connectivity index (χ2n) is 9.65. The van der Waals surface area contributed by atoms with E-state index in [4.69, 9.17) is 4.98 Å². The van der Waals surface area contributed by atoms with E-state index in [1.807, 2.05) is 43.2 Å². The summed E-state index contributed by atoms with van der Waals surface area (Å²) in [5, 5.41) is 6.79. The number of anilines is 1. The van der Waals surface area contributed by atoms with Gasteiger partial charge in [0.2, 0.25) is 0 Å². The van der Waals surface area contributed by atoms with E-state index >= 15 is 0 Å². The molecule has 36 heavy (non-hydrogen) atoms. The fourth-order valence-corrected chi connectivity index (χ4v) is 5.75. The molecule has 1 N–H and O–H groups in total. The maximum atomic E-state index is 13.5. The molecule has 4 aromatic heterocycles. The molecule has 0 amide bonds. The van der Waals surface area contributed by atoms with Crippen LogP contribution < -0.4 is 10.7 Å². The molecule has 5 aromatic rings. The van der Waals surface area contributed by atoms with Crippen LogP contribution in [0.4, 0.5) is 5.69 Å². The largest absolute Gasteiger partial charge is 0.339 e. The minimum atomic E-state index is 0.0199. The number of hydrazone groups is 1. The average molecular weight is 480 g/mol. The van der Waals surface area contributed by atoms with Gasteiger partial charge in [-0.15, -0.1) is 0 Å². The molecule has 0 atom stereocenters. The van der Waals surface area contributed by atoms with Gasteiger partial charge in [0.1, 0.15) is 5.65 Å². The summed E-state index contributed by atoms with van der Waals surface area (Å²) >= 11 is 0. The molecule has 1 aliphatic rings. The molecule has 8 heteroatoms. The van der Waals surface area contributed by atoms with Crippen LogP contribution in [0.15, 0.2) is 58.8 Å². The van der Waals surface area contributed by atoms with Crippen molar-refractivity contribution in [3.05, 3.63) is 65.0 Å². The third-order valence-corrected chi connectivity index (χ3v) is 7.56. The number of imidazole rings is 1. The molecule has 0 bridgehead atoms. The molecule has 8 nitrogen and oxygen atoms in total. The van der Waals surface area contributed by atoms with Crippen molar-refractivity contribution < 1.29 is 0 Å². The molecule has 1 saturated carbocycles. The zero-order valence-corrected chi connectivity index (χ0v) is 20.8. The van der Waals surface area contributed by atoms with Crippen LogP contribution >= 0.6 is 0 Å². The van der Waals surface area contributed by atoms with Gasteiger partial charge >= 0.3 is 5.69 Å². The number of hydrogen-bond acceptors (Lipinski definition) is 5. The number of nitrogens with one attached hydrogen (secondary N) is 1. The van der Waals surface area contributed by atoms with Crippen LogP contribution in [0.25, 0.3) is 44.5 Å². The first-order valence-corrected chi connectivity index (χ1v) is 12.3. The maximum Gasteiger partial charge on any atom is 0.329 e. The Morgan fingerprint density at radius 2 is 1.97 bits per heavy atom. The highest BCUT2D eigenvalue weighted by molar-refractivity contribution is 6.14. The predicted molar refractivity (Wildman–Crippen MR) is 146 cm³/mol. The Morgan fingerprint density at radius 1 is 1.17 bits per heavy atom. The van der Waals surface area contributed by atoms with Crippen molar-refractivity contribution in [1.82, 2.24) is 24.1 Å². The molecular weight excluding hydrogens is 450 g/mol. The van der Waals surface area contributed by atoms with Gasteiger partial charge in [0.15, 0.2) is 0 Å². The van der Waals surface area contributed by atoms with Crippen molar-refractivity contribution in [3.8, 4) is 22.4 Å². The molecule has 182 valence electrons. The van der Waals surface area contributed by atoms with E-state index < -0.39 is 0 Å². The molecule has 1 aromatic carbocycles. The molecule has 1 fully saturated rings. The van der Waals surface area contributed by atoms with Crippen LogP contribution in [0.2, 0.25) is 0 Å². The number of aromatic nitrogens is 5. The molecule has 0 radical (unpaired) electrons. The number of pyridine rings is 2. The van der Waals surface area contributed by atoms with E-state index in [0.717, 1.165) is 81.4 Å². The fraction of sp³-hybridized carbons (Fsp3) is 0.286. The molecule has 4 heterocycles. The Morgan fingerprint density at radius 3 is 2.67 bits per heavy atom. The van der Waals surface area contributed by atoms with Gasteiger partial charge in [-0.1, -0.05) is 18.9 Å². The summed E-state index contributed by atoms with van der Waals surface area (Å²) in [4.78, 5) is 26.2. The molecule has 0 aliphatic heterocycles. The van der Waals surface area contributed by atoms with Crippen molar-refractivity contribution >= 4 is 34.5 Å². The summed E-state index contributed by atoms with van der Waals surface area (Å²) in [6, 6.07) is 10.5. The van der Waals surface area contributed by atoms with Gasteiger partial charge in [-0.3, -0.25) is 19.1 Å². The number of fused-ring (bicyclic) bond motifs is 3. The Labute approximate surface area is 208 Å². The molecular formula is C28H29N7O. The lowest BCUT2D eigenvalue weighted by molar-refractivity contribution is 0.510. The lowest BCUT2D eigenvalue weighted by Crippen LogP contribution is -2.24. The SMILES string of the molecule is C=NN(C)c1ccc(-c2c(-c3cccnc3)[nH]c3ncc4c(c23)n(C2CCCC2)c(=O)n4C)cc1C. The minimum absolute atomic E-state index is 0.0199. The van der Waals surface area contributed by atoms with Gasteiger partial charge < -0.3 is 4.98 Å². The van der Waals surface area contributed by atoms with E-state index in [1.54, 1.807) is 15.8 Å². The monoisotopic (exact) mass is 479 g/mol. The number of hydrogen-bond donors (Lipinski definition) is 1. The van der Waals surface area contributed by atoms with E-state index in [-0.39, 0.29) is 11.7 Å². The van der Waals surface area contributed by atoms with Gasteiger partial charge in [0, 0.05) is 50.4 Å². The number of rotatable bonds is 5. The first-order valence-electron chi connectivity index (χ1n) is 12.3. The van der Waals surface area contributed by atoms with E-state index in [9.17, 15) is 4.79 Å². The summed E-state index contributed by atoms with van der Waals surface area (Å²) < 4.78 is 3.76. The standard InChI is InChI=1S/C28H29N7O/c1-17-14-18(11-12-21(17)34(4)29-2)23-24-26-22(33(3)28(36)35(26)20-9-5-6-10-20)16-31-27(24)32-25(23)19-8-7-13-30-15-19/h7-8,11-16,20H,2,5-6,9-10H2,1,3-4H3,(H,31,32). The van der Waals surface area contributed by atoms with Gasteiger partial charge in [-0.05, 0) is 55.2 Å². The molecule has 0 saturated heterocycles. The third-order valence-electron chi connectivity index (χ3n) is 7.56. The van der Waals surface area contributed by atoms with Crippen molar-refractivity contribution in [2.75, 3.05) is 12.1 Å². The van der Waals surface area contributed by atoms with Crippen LogP contribution in [0, 0.1) is 6.92 Å². The number of benzene rings is 1. The van der Waals surface area contributed by atoms with E-state index in [0.29, 0.717) is 0 Å². The predicted octanol–water partition coefficient (Wildman–Crippen LogP) is 5.42. The maximum absolute atomic E-state index is 13.5. The van der Waals surface area contributed by atoms with Crippen LogP contribution in [-0.4, -0.2) is 37.9 Å². The van der Waals surface area contributed by atoms with Gasteiger partial charge in [-0.2, -0.15) is 5.10 Å². The smallest absolute Gasteiger partial charge is 0.329 e. The van der Waals surface area contributed by atoms with Crippen molar-refractivity contribution in [2.24, 2.45) is 12.1 Å². The summed E-state index contributed by atoms with van der Waals surface area (Å²) in [6.45, 7) is 5.73. The fourth-order valence-electron chi connectivity index (χ4n) is 5.75. The van der Waals surface area contributed by atoms with Crippen LogP contribution in [0.5, 0.6) is 0 Å². The lowest BCUT2D eigenvalue weighted by atomic mass is 9.97. The van der Waals surface area contributed by atoms with Crippen LogP contribution in [0.1, 0.15) is 37.3 Å². The van der Waals surface area contributed by atoms with Crippen molar-refractivity contribution in [3.63, 3.8) is 0 Å². The quantitative estimate of drug-likeness (QED) is 0.269. The summed E-state index contributed by atoms with van der Waals surface area (Å²) in [5.74, 6) is 0. The lowest BCUT2D eigenvalue weighted by Gasteiger charge is -2.17. The van der Waals surface area contributed by atoms with E-state index in [2.05, 4.69) is 46.9 Å². The highest BCUT2D eigenvalue weighted by Gasteiger charge is 2.27. The Balaban J connectivity index is 1.74. The second kappa shape index (κ2) is 8.48. The van der Waals surface area contributed by atoms with Crippen molar-refractivity contribution in [1.29, 1.82) is 0 Å². The molecule has 0 spiro atoms. The zero-order chi connectivity index (χ0) is 25.0. The van der Waals surface area contributed by atoms with E-state index in [1.165, 1.54) is 0 Å². The second-order valence-corrected chi connectivity index (χ2v) is 9.65. The third kappa shape index (κ3) is 3.28. The summed E-state index contributed by atoms with van der Waals surface area (Å²) in [7, 11) is 3.73. The normalized spacial score (nSPS) is 14.2. The average Bonchev–Trinajstić information content (AvgIpc) is 3.61. The van der Waals surface area contributed by atoms with Crippen molar-refractivity contribution in [2.45, 2.75) is 38.6 Å².